The predicted molar refractivity (Wildman–Crippen MR) is 78.8 cm³/mol. The molecule has 4 nitrogen and oxygen atoms in total. The number of nitrogens with one attached hydrogen (secondary N) is 1. The molecule has 0 aliphatic carbocycles. The van der Waals surface area contributed by atoms with E-state index in [0.717, 1.165) is 5.69 Å². The molecule has 6 heteroatoms. The van der Waals surface area contributed by atoms with Gasteiger partial charge in [-0.05, 0) is 18.2 Å². The monoisotopic (exact) mass is 295 g/mol. The third kappa shape index (κ3) is 3.59. The van der Waals surface area contributed by atoms with Gasteiger partial charge in [0.2, 0.25) is 5.88 Å². The number of hydrogen-bond acceptors (Lipinski definition) is 3. The third-order valence-corrected chi connectivity index (χ3v) is 2.82. The lowest BCUT2D eigenvalue weighted by Gasteiger charge is -2.08. The van der Waals surface area contributed by atoms with E-state index in [9.17, 15) is 0 Å². The Labute approximate surface area is 121 Å². The van der Waals surface area contributed by atoms with Gasteiger partial charge in [-0.2, -0.15) is 0 Å². The van der Waals surface area contributed by atoms with Crippen LogP contribution in [-0.4, -0.2) is 18.4 Å². The second-order valence-corrected chi connectivity index (χ2v) is 4.38. The summed E-state index contributed by atoms with van der Waals surface area (Å²) in [6.45, 7) is 0. The zero-order valence-corrected chi connectivity index (χ0v) is 11.6. The number of halogens is 2. The van der Waals surface area contributed by atoms with Crippen LogP contribution in [0, 0.1) is 0 Å². The lowest BCUT2D eigenvalue weighted by molar-refractivity contribution is 0.463. The lowest BCUT2D eigenvalue weighted by Crippen LogP contribution is -1.96. The summed E-state index contributed by atoms with van der Waals surface area (Å²) >= 11 is 12.0. The van der Waals surface area contributed by atoms with E-state index in [0.29, 0.717) is 21.7 Å². The summed E-state index contributed by atoms with van der Waals surface area (Å²) in [5.41, 5.74) is 0.809. The SMILES string of the molecule is CN=CNc1ccc(Oc2c(Cl)cccc2Cl)nc1. The maximum Gasteiger partial charge on any atom is 0.219 e. The van der Waals surface area contributed by atoms with Crippen molar-refractivity contribution in [3.8, 4) is 11.6 Å². The molecular formula is C13H11Cl2N3O. The fourth-order valence-electron chi connectivity index (χ4n) is 1.35. The molecular weight excluding hydrogens is 285 g/mol. The maximum absolute atomic E-state index is 6.01. The van der Waals surface area contributed by atoms with Crippen LogP contribution in [0.25, 0.3) is 0 Å². The fourth-order valence-corrected chi connectivity index (χ4v) is 1.82. The van der Waals surface area contributed by atoms with Crippen LogP contribution >= 0.6 is 23.2 Å². The first-order valence-electron chi connectivity index (χ1n) is 5.46. The quantitative estimate of drug-likeness (QED) is 0.677. The molecule has 19 heavy (non-hydrogen) atoms. The Morgan fingerprint density at radius 2 is 1.95 bits per heavy atom. The zero-order chi connectivity index (χ0) is 13.7. The van der Waals surface area contributed by atoms with Crippen molar-refractivity contribution >= 4 is 35.2 Å². The predicted octanol–water partition coefficient (Wildman–Crippen LogP) is 4.25. The highest BCUT2D eigenvalue weighted by molar-refractivity contribution is 6.37. The fraction of sp³-hybridized carbons (Fsp3) is 0.0769. The summed E-state index contributed by atoms with van der Waals surface area (Å²) in [6, 6.07) is 8.69. The molecule has 0 aliphatic heterocycles. The number of para-hydroxylation sites is 1. The molecule has 98 valence electrons. The van der Waals surface area contributed by atoms with Crippen LogP contribution in [0.15, 0.2) is 41.5 Å². The van der Waals surface area contributed by atoms with Gasteiger partial charge in [0.1, 0.15) is 0 Å². The van der Waals surface area contributed by atoms with E-state index in [1.807, 2.05) is 6.07 Å². The van der Waals surface area contributed by atoms with Gasteiger partial charge in [-0.25, -0.2) is 4.98 Å². The van der Waals surface area contributed by atoms with Crippen molar-refractivity contribution in [2.24, 2.45) is 4.99 Å². The Morgan fingerprint density at radius 3 is 2.53 bits per heavy atom. The molecule has 0 radical (unpaired) electrons. The molecule has 0 fully saturated rings. The number of benzene rings is 1. The Balaban J connectivity index is 2.15. The highest BCUT2D eigenvalue weighted by atomic mass is 35.5. The molecule has 0 saturated heterocycles. The molecule has 0 saturated carbocycles. The topological polar surface area (TPSA) is 46.5 Å². The largest absolute Gasteiger partial charge is 0.436 e. The van der Waals surface area contributed by atoms with Gasteiger partial charge in [0.15, 0.2) is 5.75 Å². The van der Waals surface area contributed by atoms with Gasteiger partial charge in [-0.1, -0.05) is 29.3 Å². The number of hydrogen-bond donors (Lipinski definition) is 1. The van der Waals surface area contributed by atoms with E-state index in [1.165, 1.54) is 0 Å². The van der Waals surface area contributed by atoms with Crippen LogP contribution in [0.2, 0.25) is 10.0 Å². The van der Waals surface area contributed by atoms with Gasteiger partial charge in [0.05, 0.1) is 28.3 Å². The Hall–Kier alpha value is -1.78. The molecule has 1 N–H and O–H groups in total. The van der Waals surface area contributed by atoms with E-state index in [-0.39, 0.29) is 0 Å². The molecule has 2 rings (SSSR count). The average molecular weight is 296 g/mol. The minimum atomic E-state index is 0.397. The second kappa shape index (κ2) is 6.41. The van der Waals surface area contributed by atoms with E-state index in [2.05, 4.69) is 15.3 Å². The smallest absolute Gasteiger partial charge is 0.219 e. The third-order valence-electron chi connectivity index (χ3n) is 2.22. The molecule has 2 aromatic rings. The second-order valence-electron chi connectivity index (χ2n) is 3.57. The van der Waals surface area contributed by atoms with Gasteiger partial charge in [0, 0.05) is 13.1 Å². The maximum atomic E-state index is 6.01. The lowest BCUT2D eigenvalue weighted by atomic mass is 10.3. The van der Waals surface area contributed by atoms with Crippen LogP contribution in [-0.2, 0) is 0 Å². The molecule has 0 atom stereocenters. The minimum absolute atomic E-state index is 0.397. The van der Waals surface area contributed by atoms with Gasteiger partial charge >= 0.3 is 0 Å². The van der Waals surface area contributed by atoms with Gasteiger partial charge in [-0.3, -0.25) is 4.99 Å². The normalized spacial score (nSPS) is 10.7. The summed E-state index contributed by atoms with van der Waals surface area (Å²) in [4.78, 5) is 7.96. The number of ether oxygens (including phenoxy) is 1. The first-order chi connectivity index (χ1) is 9.20. The van der Waals surface area contributed by atoms with E-state index in [4.69, 9.17) is 27.9 Å². The summed E-state index contributed by atoms with van der Waals surface area (Å²) in [6.07, 6.45) is 3.20. The number of aromatic nitrogens is 1. The van der Waals surface area contributed by atoms with Gasteiger partial charge < -0.3 is 10.1 Å². The van der Waals surface area contributed by atoms with Crippen molar-refractivity contribution in [2.75, 3.05) is 12.4 Å². The van der Waals surface area contributed by atoms with Crippen LogP contribution in [0.3, 0.4) is 0 Å². The molecule has 1 aromatic carbocycles. The summed E-state index contributed by atoms with van der Waals surface area (Å²) in [5, 5.41) is 3.83. The number of pyridine rings is 1. The number of anilines is 1. The van der Waals surface area contributed by atoms with E-state index in [1.54, 1.807) is 43.8 Å². The molecule has 0 aliphatic rings. The van der Waals surface area contributed by atoms with Crippen molar-refractivity contribution in [3.05, 3.63) is 46.6 Å². The van der Waals surface area contributed by atoms with Crippen molar-refractivity contribution in [1.82, 2.24) is 4.98 Å². The first kappa shape index (κ1) is 13.6. The summed E-state index contributed by atoms with van der Waals surface area (Å²) in [5.74, 6) is 0.808. The molecule has 0 bridgehead atoms. The molecule has 1 heterocycles. The van der Waals surface area contributed by atoms with Crippen molar-refractivity contribution in [1.29, 1.82) is 0 Å². The van der Waals surface area contributed by atoms with Crippen LogP contribution in [0.4, 0.5) is 5.69 Å². The molecule has 0 spiro atoms. The van der Waals surface area contributed by atoms with Crippen LogP contribution in [0.5, 0.6) is 11.6 Å². The average Bonchev–Trinajstić information content (AvgIpc) is 2.42. The standard InChI is InChI=1S/C13H11Cl2N3O/c1-16-8-18-9-5-6-12(17-7-9)19-13-10(14)3-2-4-11(13)15/h2-8H,1H3,(H,16,18). The first-order valence-corrected chi connectivity index (χ1v) is 6.21. The van der Waals surface area contributed by atoms with Crippen molar-refractivity contribution < 1.29 is 4.74 Å². The summed E-state index contributed by atoms with van der Waals surface area (Å²) in [7, 11) is 1.68. The highest BCUT2D eigenvalue weighted by Crippen LogP contribution is 2.35. The van der Waals surface area contributed by atoms with Crippen LogP contribution < -0.4 is 10.1 Å². The summed E-state index contributed by atoms with van der Waals surface area (Å²) < 4.78 is 5.56. The highest BCUT2D eigenvalue weighted by Gasteiger charge is 2.08. The van der Waals surface area contributed by atoms with E-state index < -0.39 is 0 Å². The Kier molecular flexibility index (Phi) is 4.60. The van der Waals surface area contributed by atoms with Gasteiger partial charge in [0.25, 0.3) is 0 Å². The van der Waals surface area contributed by atoms with Crippen molar-refractivity contribution in [2.45, 2.75) is 0 Å². The number of nitrogens with zero attached hydrogens (tertiary/aromatic N) is 2. The van der Waals surface area contributed by atoms with E-state index >= 15 is 0 Å². The number of aliphatic imine (C=N–C) groups is 1. The minimum Gasteiger partial charge on any atom is -0.436 e. The Morgan fingerprint density at radius 1 is 1.21 bits per heavy atom. The van der Waals surface area contributed by atoms with Gasteiger partial charge in [-0.15, -0.1) is 0 Å². The Bertz CT molecular complexity index is 565. The molecule has 0 unspecified atom stereocenters. The van der Waals surface area contributed by atoms with Crippen molar-refractivity contribution in [3.63, 3.8) is 0 Å². The number of rotatable bonds is 4. The molecule has 0 amide bonds. The zero-order valence-electron chi connectivity index (χ0n) is 10.1. The van der Waals surface area contributed by atoms with Crippen LogP contribution in [0.1, 0.15) is 0 Å². The molecule has 1 aromatic heterocycles.